The van der Waals surface area contributed by atoms with Crippen molar-refractivity contribution >= 4 is 11.8 Å². The van der Waals surface area contributed by atoms with Crippen LogP contribution in [0.15, 0.2) is 0 Å². The van der Waals surface area contributed by atoms with Crippen LogP contribution in [0.25, 0.3) is 0 Å². The Bertz CT molecular complexity index is 274. The van der Waals surface area contributed by atoms with E-state index in [1.165, 1.54) is 25.7 Å². The molecule has 1 N–H and O–H groups in total. The van der Waals surface area contributed by atoms with E-state index in [0.29, 0.717) is 5.84 Å². The van der Waals surface area contributed by atoms with Crippen LogP contribution in [0.5, 0.6) is 0 Å². The lowest BCUT2D eigenvalue weighted by Crippen LogP contribution is -2.36. The molecule has 1 aliphatic heterocycles. The summed E-state index contributed by atoms with van der Waals surface area (Å²) in [5, 5.41) is 9.07. The molecule has 0 radical (unpaired) electrons. The zero-order valence-corrected chi connectivity index (χ0v) is 10.4. The van der Waals surface area contributed by atoms with Gasteiger partial charge in [0.05, 0.1) is 13.6 Å². The summed E-state index contributed by atoms with van der Waals surface area (Å²) < 4.78 is 1.83. The second-order valence-electron chi connectivity index (χ2n) is 4.45. The Morgan fingerprint density at radius 1 is 1.38 bits per heavy atom. The lowest BCUT2D eigenvalue weighted by atomic mass is 10.1. The van der Waals surface area contributed by atoms with Gasteiger partial charge in [-0.05, 0) is 12.8 Å². The van der Waals surface area contributed by atoms with Crippen LogP contribution in [0.4, 0.5) is 0 Å². The highest BCUT2D eigenvalue weighted by Gasteiger charge is 2.33. The van der Waals surface area contributed by atoms with Crippen molar-refractivity contribution in [2.75, 3.05) is 26.7 Å². The average molecular weight is 227 g/mol. The summed E-state index contributed by atoms with van der Waals surface area (Å²) in [6, 6.07) is 0. The van der Waals surface area contributed by atoms with Crippen LogP contribution in [0.2, 0.25) is 0 Å². The Morgan fingerprint density at radius 3 is 2.69 bits per heavy atom. The molecule has 16 heavy (non-hydrogen) atoms. The minimum absolute atomic E-state index is 0.468. The van der Waals surface area contributed by atoms with Crippen LogP contribution in [0, 0.1) is 0 Å². The zero-order valence-electron chi connectivity index (χ0n) is 10.4. The summed E-state index contributed by atoms with van der Waals surface area (Å²) in [6.45, 7) is 4.77. The molecule has 0 saturated carbocycles. The molecule has 4 heteroatoms. The number of carboxylic acids is 1. The molecule has 1 heterocycles. The van der Waals surface area contributed by atoms with E-state index >= 15 is 0 Å². The van der Waals surface area contributed by atoms with Crippen LogP contribution in [-0.4, -0.2) is 53.1 Å². The van der Waals surface area contributed by atoms with Gasteiger partial charge in [0.15, 0.2) is 0 Å². The highest BCUT2D eigenvalue weighted by molar-refractivity contribution is 6.32. The molecule has 0 aromatic rings. The summed E-state index contributed by atoms with van der Waals surface area (Å²) in [5.41, 5.74) is 0. The van der Waals surface area contributed by atoms with E-state index in [2.05, 4.69) is 6.92 Å². The van der Waals surface area contributed by atoms with Crippen molar-refractivity contribution in [1.82, 2.24) is 4.90 Å². The average Bonchev–Trinajstić information content (AvgIpc) is 2.59. The minimum atomic E-state index is -0.798. The normalized spacial score (nSPS) is 16.0. The second kappa shape index (κ2) is 6.51. The second-order valence-corrected chi connectivity index (χ2v) is 4.45. The smallest absolute Gasteiger partial charge is 0.418 e. The molecule has 0 unspecified atom stereocenters. The molecule has 0 aromatic carbocycles. The van der Waals surface area contributed by atoms with Crippen LogP contribution >= 0.6 is 0 Å². The summed E-state index contributed by atoms with van der Waals surface area (Å²) >= 11 is 0. The summed E-state index contributed by atoms with van der Waals surface area (Å²) in [5.74, 6) is -0.330. The van der Waals surface area contributed by atoms with Gasteiger partial charge in [-0.1, -0.05) is 26.2 Å². The molecule has 0 saturated heterocycles. The van der Waals surface area contributed by atoms with Gasteiger partial charge in [-0.25, -0.2) is 4.79 Å². The fraction of sp³-hybridized carbons (Fsp3) is 0.833. The molecule has 0 atom stereocenters. The summed E-state index contributed by atoms with van der Waals surface area (Å²) in [7, 11) is 1.85. The number of hydrogen-bond donors (Lipinski definition) is 1. The molecule has 0 amide bonds. The summed E-state index contributed by atoms with van der Waals surface area (Å²) in [4.78, 5) is 13.0. The number of unbranched alkanes of at least 4 members (excludes halogenated alkanes) is 4. The third-order valence-corrected chi connectivity index (χ3v) is 3.09. The fourth-order valence-electron chi connectivity index (χ4n) is 2.15. The first kappa shape index (κ1) is 13.0. The van der Waals surface area contributed by atoms with Crippen molar-refractivity contribution < 1.29 is 14.5 Å². The van der Waals surface area contributed by atoms with E-state index in [1.807, 2.05) is 16.5 Å². The van der Waals surface area contributed by atoms with Gasteiger partial charge in [0.2, 0.25) is 0 Å². The lowest BCUT2D eigenvalue weighted by Gasteiger charge is -2.10. The molecular weight excluding hydrogens is 204 g/mol. The molecule has 0 fully saturated rings. The minimum Gasteiger partial charge on any atom is -0.472 e. The molecule has 0 aliphatic carbocycles. The molecule has 4 nitrogen and oxygen atoms in total. The first-order valence-corrected chi connectivity index (χ1v) is 6.23. The van der Waals surface area contributed by atoms with Gasteiger partial charge in [-0.2, -0.15) is 0 Å². The maximum atomic E-state index is 11.0. The van der Waals surface area contributed by atoms with Crippen molar-refractivity contribution in [1.29, 1.82) is 0 Å². The maximum Gasteiger partial charge on any atom is 0.418 e. The summed E-state index contributed by atoms with van der Waals surface area (Å²) in [6.07, 6.45) is 6.11. The molecule has 1 aliphatic rings. The van der Waals surface area contributed by atoms with Gasteiger partial charge in [-0.15, -0.1) is 0 Å². The maximum absolute atomic E-state index is 11.0. The van der Waals surface area contributed by atoms with E-state index in [4.69, 9.17) is 5.11 Å². The predicted molar refractivity (Wildman–Crippen MR) is 64.0 cm³/mol. The Morgan fingerprint density at radius 2 is 2.06 bits per heavy atom. The first-order chi connectivity index (χ1) is 7.66. The van der Waals surface area contributed by atoms with Crippen LogP contribution in [-0.2, 0) is 4.79 Å². The van der Waals surface area contributed by atoms with Crippen molar-refractivity contribution in [2.45, 2.75) is 39.0 Å². The van der Waals surface area contributed by atoms with E-state index in [1.54, 1.807) is 0 Å². The van der Waals surface area contributed by atoms with Crippen molar-refractivity contribution in [3.63, 3.8) is 0 Å². The third-order valence-electron chi connectivity index (χ3n) is 3.09. The van der Waals surface area contributed by atoms with Gasteiger partial charge in [0.25, 0.3) is 0 Å². The Labute approximate surface area is 97.6 Å². The number of carboxylic acid groups (broad SMARTS) is 1. The number of rotatable bonds is 7. The molecule has 0 aromatic heterocycles. The van der Waals surface area contributed by atoms with Crippen molar-refractivity contribution in [2.24, 2.45) is 0 Å². The third kappa shape index (κ3) is 3.51. The number of nitrogens with zero attached hydrogens (tertiary/aromatic N) is 2. The van der Waals surface area contributed by atoms with Gasteiger partial charge >= 0.3 is 11.8 Å². The number of amidine groups is 1. The fourth-order valence-corrected chi connectivity index (χ4v) is 2.15. The molecule has 0 bridgehead atoms. The van der Waals surface area contributed by atoms with Gasteiger partial charge < -0.3 is 5.11 Å². The number of aliphatic carboxylic acids is 1. The van der Waals surface area contributed by atoms with Crippen molar-refractivity contribution in [3.8, 4) is 0 Å². The zero-order chi connectivity index (χ0) is 12.0. The topological polar surface area (TPSA) is 43.5 Å². The first-order valence-electron chi connectivity index (χ1n) is 6.23. The van der Waals surface area contributed by atoms with Gasteiger partial charge in [0, 0.05) is 0 Å². The predicted octanol–water partition coefficient (Wildman–Crippen LogP) is 1.40. The van der Waals surface area contributed by atoms with Crippen LogP contribution in [0.1, 0.15) is 39.0 Å². The van der Waals surface area contributed by atoms with Crippen molar-refractivity contribution in [3.05, 3.63) is 0 Å². The molecular formula is C12H23N2O2+. The Kier molecular flexibility index (Phi) is 5.29. The number of carbonyl (C=O) groups is 1. The number of hydrogen-bond acceptors (Lipinski definition) is 2. The molecule has 0 spiro atoms. The molecule has 92 valence electrons. The Hall–Kier alpha value is -1.06. The van der Waals surface area contributed by atoms with E-state index in [0.717, 1.165) is 26.1 Å². The monoisotopic (exact) mass is 227 g/mol. The SMILES string of the molecule is CCCCCCCN1CC[N+](C)=C1C(=O)O. The largest absolute Gasteiger partial charge is 0.472 e. The van der Waals surface area contributed by atoms with Crippen LogP contribution in [0.3, 0.4) is 0 Å². The standard InChI is InChI=1S/C12H22N2O2/c1-3-4-5-6-7-8-14-10-9-13(2)11(14)12(15)16/h3-10H2,1-2H3/p+1. The van der Waals surface area contributed by atoms with Gasteiger partial charge in [0.1, 0.15) is 13.1 Å². The quantitative estimate of drug-likeness (QED) is 0.528. The Balaban J connectivity index is 2.30. The highest BCUT2D eigenvalue weighted by atomic mass is 16.4. The van der Waals surface area contributed by atoms with Gasteiger partial charge in [-0.3, -0.25) is 9.48 Å². The lowest BCUT2D eigenvalue weighted by molar-refractivity contribution is -0.486. The van der Waals surface area contributed by atoms with E-state index < -0.39 is 5.97 Å². The highest BCUT2D eigenvalue weighted by Crippen LogP contribution is 2.07. The van der Waals surface area contributed by atoms with E-state index in [9.17, 15) is 4.79 Å². The molecule has 1 rings (SSSR count). The number of likely N-dealkylation sites (N-methyl/N-ethyl adjacent to an activating group) is 1. The van der Waals surface area contributed by atoms with Crippen LogP contribution < -0.4 is 0 Å². The van der Waals surface area contributed by atoms with E-state index in [-0.39, 0.29) is 0 Å².